The first-order chi connectivity index (χ1) is 7.68. The number of carbonyl (C=O) groups excluding carboxylic acids is 1. The predicted molar refractivity (Wildman–Crippen MR) is 56.2 cm³/mol. The molecule has 0 radical (unpaired) electrons. The Morgan fingerprint density at radius 3 is 2.94 bits per heavy atom. The molecule has 1 unspecified atom stereocenters. The Labute approximate surface area is 92.8 Å². The number of rotatable bonds is 1. The molecule has 4 nitrogen and oxygen atoms in total. The van der Waals surface area contributed by atoms with Crippen molar-refractivity contribution in [3.63, 3.8) is 0 Å². The molecule has 2 amide bonds. The Hall–Kier alpha value is -1.62. The highest BCUT2D eigenvalue weighted by Crippen LogP contribution is 2.24. The van der Waals surface area contributed by atoms with E-state index < -0.39 is 12.1 Å². The molecule has 16 heavy (non-hydrogen) atoms. The molecule has 2 rings (SSSR count). The molecule has 0 spiro atoms. The van der Waals surface area contributed by atoms with Crippen LogP contribution in [0, 0.1) is 5.82 Å². The zero-order valence-electron chi connectivity index (χ0n) is 8.73. The van der Waals surface area contributed by atoms with Crippen molar-refractivity contribution < 1.29 is 13.9 Å². The topological polar surface area (TPSA) is 55.6 Å². The smallest absolute Gasteiger partial charge is 0.314 e. The fraction of sp³-hybridized carbons (Fsp3) is 0.364. The van der Waals surface area contributed by atoms with Gasteiger partial charge in [-0.3, -0.25) is 0 Å². The van der Waals surface area contributed by atoms with Gasteiger partial charge in [-0.25, -0.2) is 9.18 Å². The zero-order chi connectivity index (χ0) is 11.5. The fourth-order valence-corrected chi connectivity index (χ4v) is 1.77. The zero-order valence-corrected chi connectivity index (χ0v) is 8.73. The highest BCUT2D eigenvalue weighted by Gasteiger charge is 2.25. The molecular formula is C11H13FN2O2. The highest BCUT2D eigenvalue weighted by atomic mass is 19.1. The van der Waals surface area contributed by atoms with Crippen LogP contribution >= 0.6 is 0 Å². The molecular weight excluding hydrogens is 211 g/mol. The monoisotopic (exact) mass is 224 g/mol. The number of benzene rings is 1. The van der Waals surface area contributed by atoms with Gasteiger partial charge >= 0.3 is 6.03 Å². The molecule has 0 bridgehead atoms. The number of urea groups is 1. The van der Waals surface area contributed by atoms with Crippen LogP contribution in [0.15, 0.2) is 24.3 Å². The number of nitrogens with two attached hydrogens (primary N) is 1. The summed E-state index contributed by atoms with van der Waals surface area (Å²) in [6.07, 6.45) is -0.428. The molecule has 1 aliphatic heterocycles. The van der Waals surface area contributed by atoms with E-state index in [0.29, 0.717) is 25.3 Å². The Balaban J connectivity index is 2.16. The minimum absolute atomic E-state index is 0.302. The average molecular weight is 224 g/mol. The van der Waals surface area contributed by atoms with Gasteiger partial charge in [0.15, 0.2) is 0 Å². The van der Waals surface area contributed by atoms with Gasteiger partial charge in [-0.15, -0.1) is 0 Å². The number of primary amides is 1. The van der Waals surface area contributed by atoms with Gasteiger partial charge in [0.05, 0.1) is 13.2 Å². The summed E-state index contributed by atoms with van der Waals surface area (Å²) in [7, 11) is 0. The van der Waals surface area contributed by atoms with Gasteiger partial charge < -0.3 is 15.4 Å². The Morgan fingerprint density at radius 1 is 1.50 bits per heavy atom. The van der Waals surface area contributed by atoms with Crippen LogP contribution in [0.4, 0.5) is 9.18 Å². The molecule has 1 aliphatic rings. The summed E-state index contributed by atoms with van der Waals surface area (Å²) in [6.45, 7) is 1.14. The van der Waals surface area contributed by atoms with E-state index in [2.05, 4.69) is 0 Å². The van der Waals surface area contributed by atoms with E-state index in [1.807, 2.05) is 0 Å². The van der Waals surface area contributed by atoms with E-state index in [-0.39, 0.29) is 5.82 Å². The van der Waals surface area contributed by atoms with Crippen LogP contribution in [0.1, 0.15) is 11.7 Å². The molecule has 1 fully saturated rings. The first kappa shape index (κ1) is 10.9. The third-order valence-corrected chi connectivity index (χ3v) is 2.63. The number of hydrogen-bond acceptors (Lipinski definition) is 2. The lowest BCUT2D eigenvalue weighted by atomic mass is 10.1. The number of amides is 2. The van der Waals surface area contributed by atoms with E-state index in [1.165, 1.54) is 11.0 Å². The van der Waals surface area contributed by atoms with Crippen LogP contribution in [0.3, 0.4) is 0 Å². The maximum absolute atomic E-state index is 13.5. The number of nitrogens with zero attached hydrogens (tertiary/aromatic N) is 1. The SMILES string of the molecule is NC(=O)N1CCOC(c2ccccc2F)C1. The van der Waals surface area contributed by atoms with Gasteiger partial charge in [0.1, 0.15) is 11.9 Å². The molecule has 1 aromatic carbocycles. The second-order valence-electron chi connectivity index (χ2n) is 3.67. The Kier molecular flexibility index (Phi) is 3.05. The number of ether oxygens (including phenoxy) is 1. The molecule has 86 valence electrons. The summed E-state index contributed by atoms with van der Waals surface area (Å²) in [5.41, 5.74) is 5.65. The summed E-state index contributed by atoms with van der Waals surface area (Å²) >= 11 is 0. The maximum Gasteiger partial charge on any atom is 0.314 e. The van der Waals surface area contributed by atoms with E-state index >= 15 is 0 Å². The lowest BCUT2D eigenvalue weighted by molar-refractivity contribution is -0.0158. The molecule has 0 saturated carbocycles. The normalized spacial score (nSPS) is 20.8. The quantitative estimate of drug-likeness (QED) is 0.781. The summed E-state index contributed by atoms with van der Waals surface area (Å²) in [4.78, 5) is 12.5. The summed E-state index contributed by atoms with van der Waals surface area (Å²) in [5, 5.41) is 0. The van der Waals surface area contributed by atoms with Gasteiger partial charge in [0.2, 0.25) is 0 Å². The molecule has 0 aromatic heterocycles. The fourth-order valence-electron chi connectivity index (χ4n) is 1.77. The van der Waals surface area contributed by atoms with Gasteiger partial charge in [0, 0.05) is 12.1 Å². The largest absolute Gasteiger partial charge is 0.370 e. The second-order valence-corrected chi connectivity index (χ2v) is 3.67. The van der Waals surface area contributed by atoms with Gasteiger partial charge in [0.25, 0.3) is 0 Å². The summed E-state index contributed by atoms with van der Waals surface area (Å²) < 4.78 is 18.9. The second kappa shape index (κ2) is 4.49. The van der Waals surface area contributed by atoms with Crippen LogP contribution in [0.25, 0.3) is 0 Å². The van der Waals surface area contributed by atoms with Crippen LogP contribution < -0.4 is 5.73 Å². The maximum atomic E-state index is 13.5. The predicted octanol–water partition coefficient (Wildman–Crippen LogP) is 1.28. The minimum atomic E-state index is -0.496. The van der Waals surface area contributed by atoms with Gasteiger partial charge in [-0.2, -0.15) is 0 Å². The Bertz CT molecular complexity index is 397. The molecule has 1 heterocycles. The first-order valence-electron chi connectivity index (χ1n) is 5.09. The number of halogens is 1. The molecule has 1 atom stereocenters. The number of hydrogen-bond donors (Lipinski definition) is 1. The van der Waals surface area contributed by atoms with Crippen molar-refractivity contribution in [2.24, 2.45) is 5.73 Å². The minimum Gasteiger partial charge on any atom is -0.370 e. The van der Waals surface area contributed by atoms with E-state index in [1.54, 1.807) is 18.2 Å². The van der Waals surface area contributed by atoms with Crippen LogP contribution in [0.2, 0.25) is 0 Å². The van der Waals surface area contributed by atoms with E-state index in [4.69, 9.17) is 10.5 Å². The van der Waals surface area contributed by atoms with Crippen molar-refractivity contribution in [1.82, 2.24) is 4.90 Å². The van der Waals surface area contributed by atoms with Gasteiger partial charge in [-0.05, 0) is 6.07 Å². The molecule has 1 aromatic rings. The highest BCUT2D eigenvalue weighted by molar-refractivity contribution is 5.72. The third-order valence-electron chi connectivity index (χ3n) is 2.63. The van der Waals surface area contributed by atoms with Crippen molar-refractivity contribution >= 4 is 6.03 Å². The van der Waals surface area contributed by atoms with Crippen molar-refractivity contribution in [3.8, 4) is 0 Å². The average Bonchev–Trinajstić information content (AvgIpc) is 2.30. The first-order valence-corrected chi connectivity index (χ1v) is 5.09. The van der Waals surface area contributed by atoms with Crippen molar-refractivity contribution in [2.45, 2.75) is 6.10 Å². The van der Waals surface area contributed by atoms with Crippen molar-refractivity contribution in [1.29, 1.82) is 0 Å². The van der Waals surface area contributed by atoms with Crippen molar-refractivity contribution in [2.75, 3.05) is 19.7 Å². The lowest BCUT2D eigenvalue weighted by Crippen LogP contribution is -2.45. The van der Waals surface area contributed by atoms with E-state index in [0.717, 1.165) is 0 Å². The number of morpholine rings is 1. The molecule has 5 heteroatoms. The molecule has 0 aliphatic carbocycles. The van der Waals surface area contributed by atoms with Crippen LogP contribution in [-0.4, -0.2) is 30.6 Å². The standard InChI is InChI=1S/C11H13FN2O2/c12-9-4-2-1-3-8(9)10-7-14(11(13)15)5-6-16-10/h1-4,10H,5-7H2,(H2,13,15). The van der Waals surface area contributed by atoms with E-state index in [9.17, 15) is 9.18 Å². The molecule has 2 N–H and O–H groups in total. The van der Waals surface area contributed by atoms with Gasteiger partial charge in [-0.1, -0.05) is 18.2 Å². The lowest BCUT2D eigenvalue weighted by Gasteiger charge is -2.32. The summed E-state index contributed by atoms with van der Waals surface area (Å²) in [5.74, 6) is -0.321. The van der Waals surface area contributed by atoms with Crippen molar-refractivity contribution in [3.05, 3.63) is 35.6 Å². The molecule has 1 saturated heterocycles. The summed E-state index contributed by atoms with van der Waals surface area (Å²) in [6, 6.07) is 5.90. The third kappa shape index (κ3) is 2.14. The van der Waals surface area contributed by atoms with Crippen LogP contribution in [-0.2, 0) is 4.74 Å². The number of carbonyl (C=O) groups is 1. The van der Waals surface area contributed by atoms with Crippen LogP contribution in [0.5, 0.6) is 0 Å². The Morgan fingerprint density at radius 2 is 2.25 bits per heavy atom.